The van der Waals surface area contributed by atoms with Gasteiger partial charge in [0.2, 0.25) is 0 Å². The number of carbonyl (C=O) groups excluding carboxylic acids is 1. The van der Waals surface area contributed by atoms with E-state index in [2.05, 4.69) is 21.6 Å². The number of benzene rings is 1. The smallest absolute Gasteiger partial charge is 0.356 e. The van der Waals surface area contributed by atoms with Crippen LogP contribution in [-0.4, -0.2) is 18.9 Å². The molecule has 1 aliphatic rings. The summed E-state index contributed by atoms with van der Waals surface area (Å²) >= 11 is 6.09. The van der Waals surface area contributed by atoms with Gasteiger partial charge in [0.25, 0.3) is 0 Å². The predicted molar refractivity (Wildman–Crippen MR) is 91.5 cm³/mol. The second-order valence-electron chi connectivity index (χ2n) is 5.66. The van der Waals surface area contributed by atoms with Gasteiger partial charge in [-0.15, -0.1) is 0 Å². The van der Waals surface area contributed by atoms with Crippen molar-refractivity contribution < 1.29 is 22.7 Å². The molecular weight excluding hydrogens is 371 g/mol. The maximum atomic E-state index is 13.6. The summed E-state index contributed by atoms with van der Waals surface area (Å²) in [6.45, 7) is 3.42. The number of nitrogens with one attached hydrogen (secondary N) is 1. The van der Waals surface area contributed by atoms with Crippen molar-refractivity contribution in [2.75, 3.05) is 7.11 Å². The van der Waals surface area contributed by atoms with Crippen LogP contribution in [-0.2, 0) is 16.1 Å². The van der Waals surface area contributed by atoms with Gasteiger partial charge in [-0.25, -0.2) is 18.0 Å². The van der Waals surface area contributed by atoms with Crippen LogP contribution in [0.2, 0.25) is 0 Å². The summed E-state index contributed by atoms with van der Waals surface area (Å²) in [6, 6.07) is 1.09. The Morgan fingerprint density at radius 1 is 1.35 bits per heavy atom. The Labute approximate surface area is 153 Å². The summed E-state index contributed by atoms with van der Waals surface area (Å²) in [5.41, 5.74) is 5.95. The van der Waals surface area contributed by atoms with Gasteiger partial charge < -0.3 is 15.8 Å². The number of esters is 1. The highest BCUT2D eigenvalue weighted by atomic mass is 35.5. The molecule has 1 aromatic rings. The molecule has 26 heavy (non-hydrogen) atoms. The molecule has 0 heterocycles. The number of nitrogens with zero attached hydrogens (tertiary/aromatic N) is 1. The topological polar surface area (TPSA) is 76.7 Å². The Bertz CT molecular complexity index is 805. The number of rotatable bonds is 7. The van der Waals surface area contributed by atoms with Crippen molar-refractivity contribution in [3.8, 4) is 0 Å². The Morgan fingerprint density at radius 2 is 1.96 bits per heavy atom. The molecule has 1 saturated carbocycles. The van der Waals surface area contributed by atoms with Gasteiger partial charge in [-0.2, -0.15) is 0 Å². The van der Waals surface area contributed by atoms with E-state index in [0.29, 0.717) is 17.8 Å². The number of methoxy groups -OCH3 is 1. The van der Waals surface area contributed by atoms with Crippen molar-refractivity contribution >= 4 is 23.4 Å². The predicted octanol–water partition coefficient (Wildman–Crippen LogP) is 3.10. The highest BCUT2D eigenvalue weighted by molar-refractivity contribution is 6.44. The zero-order valence-electron chi connectivity index (χ0n) is 13.9. The molecule has 0 unspecified atom stereocenters. The summed E-state index contributed by atoms with van der Waals surface area (Å²) in [5.74, 6) is -4.35. The van der Waals surface area contributed by atoms with E-state index in [1.54, 1.807) is 0 Å². The first-order valence-corrected chi connectivity index (χ1v) is 8.00. The second-order valence-corrected chi connectivity index (χ2v) is 6.04. The number of carbonyl (C=O) groups is 1. The first-order valence-electron chi connectivity index (χ1n) is 7.62. The van der Waals surface area contributed by atoms with Crippen LogP contribution in [0.4, 0.5) is 13.2 Å². The van der Waals surface area contributed by atoms with Crippen molar-refractivity contribution in [1.29, 1.82) is 0 Å². The molecule has 0 amide bonds. The molecular formula is C17H17ClF3N3O2. The number of aliphatic imine (C=N–C) groups is 1. The molecule has 1 aromatic carbocycles. The monoisotopic (exact) mass is 387 g/mol. The number of hydrogen-bond acceptors (Lipinski definition) is 4. The zero-order valence-corrected chi connectivity index (χ0v) is 14.7. The van der Waals surface area contributed by atoms with E-state index in [4.69, 9.17) is 17.3 Å². The molecule has 0 spiro atoms. The van der Waals surface area contributed by atoms with Crippen molar-refractivity contribution in [2.45, 2.75) is 19.4 Å². The first kappa shape index (κ1) is 19.8. The minimum absolute atomic E-state index is 0.155. The number of allylic oxidation sites excluding steroid dienone is 1. The highest BCUT2D eigenvalue weighted by Crippen LogP contribution is 2.34. The second kappa shape index (κ2) is 8.27. The van der Waals surface area contributed by atoms with Gasteiger partial charge >= 0.3 is 5.97 Å². The van der Waals surface area contributed by atoms with Crippen LogP contribution in [0.15, 0.2) is 40.1 Å². The lowest BCUT2D eigenvalue weighted by Gasteiger charge is -2.13. The van der Waals surface area contributed by atoms with E-state index < -0.39 is 30.0 Å². The van der Waals surface area contributed by atoms with E-state index in [0.717, 1.165) is 20.0 Å². The van der Waals surface area contributed by atoms with Crippen LogP contribution in [0, 0.1) is 23.4 Å². The summed E-state index contributed by atoms with van der Waals surface area (Å²) in [7, 11) is 1.16. The molecule has 0 aromatic heterocycles. The van der Waals surface area contributed by atoms with E-state index in [1.165, 1.54) is 0 Å². The summed E-state index contributed by atoms with van der Waals surface area (Å²) in [6.07, 6.45) is 1.88. The first-order chi connectivity index (χ1) is 12.2. The largest absolute Gasteiger partial charge is 0.464 e. The van der Waals surface area contributed by atoms with Crippen LogP contribution in [0.5, 0.6) is 0 Å². The van der Waals surface area contributed by atoms with E-state index >= 15 is 0 Å². The van der Waals surface area contributed by atoms with Crippen molar-refractivity contribution in [3.63, 3.8) is 0 Å². The van der Waals surface area contributed by atoms with Crippen LogP contribution >= 0.6 is 11.6 Å². The molecule has 0 aliphatic heterocycles. The van der Waals surface area contributed by atoms with Gasteiger partial charge in [0.05, 0.1) is 13.7 Å². The van der Waals surface area contributed by atoms with E-state index in [9.17, 15) is 18.0 Å². The quantitative estimate of drug-likeness (QED) is 0.248. The fraction of sp³-hybridized carbons (Fsp3) is 0.294. The van der Waals surface area contributed by atoms with Gasteiger partial charge in [-0.05, 0) is 24.8 Å². The average Bonchev–Trinajstić information content (AvgIpc) is 3.45. The number of ether oxygens (including phenoxy) is 1. The molecule has 0 saturated heterocycles. The third-order valence-electron chi connectivity index (χ3n) is 3.70. The third-order valence-corrected chi connectivity index (χ3v) is 4.08. The third kappa shape index (κ3) is 4.78. The van der Waals surface area contributed by atoms with Crippen LogP contribution in [0.1, 0.15) is 18.4 Å². The zero-order chi connectivity index (χ0) is 19.4. The Balaban J connectivity index is 2.24. The lowest BCUT2D eigenvalue weighted by molar-refractivity contribution is -0.136. The molecule has 0 radical (unpaired) electrons. The Hall–Kier alpha value is -2.48. The van der Waals surface area contributed by atoms with Gasteiger partial charge in [-0.3, -0.25) is 4.99 Å². The van der Waals surface area contributed by atoms with Crippen LogP contribution in [0.3, 0.4) is 0 Å². The molecule has 2 rings (SSSR count). The van der Waals surface area contributed by atoms with Gasteiger partial charge in [0.15, 0.2) is 11.6 Å². The SMILES string of the molecule is C=C(NC(C(=O)OC)=C(Cl)C(N)=NCc1cc(F)c(F)cc1F)C1CC1. The summed E-state index contributed by atoms with van der Waals surface area (Å²) in [4.78, 5) is 15.7. The highest BCUT2D eigenvalue weighted by Gasteiger charge is 2.27. The Kier molecular flexibility index (Phi) is 6.31. The molecule has 5 nitrogen and oxygen atoms in total. The number of amidine groups is 1. The van der Waals surface area contributed by atoms with E-state index in [-0.39, 0.29) is 28.0 Å². The van der Waals surface area contributed by atoms with E-state index in [1.807, 2.05) is 0 Å². The normalized spacial score (nSPS) is 15.3. The molecule has 3 N–H and O–H groups in total. The minimum Gasteiger partial charge on any atom is -0.464 e. The maximum absolute atomic E-state index is 13.6. The van der Waals surface area contributed by atoms with Gasteiger partial charge in [-0.1, -0.05) is 18.2 Å². The fourth-order valence-electron chi connectivity index (χ4n) is 2.04. The number of hydrogen-bond donors (Lipinski definition) is 2. The van der Waals surface area contributed by atoms with Crippen LogP contribution in [0.25, 0.3) is 0 Å². The van der Waals surface area contributed by atoms with Gasteiger partial charge in [0.1, 0.15) is 22.4 Å². The lowest BCUT2D eigenvalue weighted by Crippen LogP contribution is -2.27. The summed E-state index contributed by atoms with van der Waals surface area (Å²) in [5, 5.41) is 2.52. The lowest BCUT2D eigenvalue weighted by atomic mass is 10.2. The molecule has 9 heteroatoms. The van der Waals surface area contributed by atoms with Gasteiger partial charge in [0, 0.05) is 17.3 Å². The maximum Gasteiger partial charge on any atom is 0.356 e. The minimum atomic E-state index is -1.31. The molecule has 1 aliphatic carbocycles. The molecule has 0 atom stereocenters. The van der Waals surface area contributed by atoms with Crippen molar-refractivity contribution in [2.24, 2.45) is 16.6 Å². The Morgan fingerprint density at radius 3 is 2.54 bits per heavy atom. The standard InChI is InChI=1S/C17H17ClF3N3O2/c1-8(9-3-4-9)24-15(17(25)26-2)14(18)16(22)23-7-10-5-12(20)13(21)6-11(10)19/h5-6,9,24H,1,3-4,7H2,2H3,(H2,22,23). The van der Waals surface area contributed by atoms with Crippen molar-refractivity contribution in [3.05, 3.63) is 58.2 Å². The van der Waals surface area contributed by atoms with Crippen LogP contribution < -0.4 is 11.1 Å². The number of halogens is 4. The molecule has 140 valence electrons. The van der Waals surface area contributed by atoms with Crippen molar-refractivity contribution in [1.82, 2.24) is 5.32 Å². The average molecular weight is 388 g/mol. The molecule has 0 bridgehead atoms. The fourth-order valence-corrected chi connectivity index (χ4v) is 2.23. The molecule has 1 fully saturated rings. The number of nitrogens with two attached hydrogens (primary N) is 1. The summed E-state index contributed by atoms with van der Waals surface area (Å²) < 4.78 is 44.4.